The summed E-state index contributed by atoms with van der Waals surface area (Å²) in [6.45, 7) is 4.59. The third-order valence-electron chi connectivity index (χ3n) is 5.70. The molecule has 3 heterocycles. The maximum absolute atomic E-state index is 14.8. The number of nitrogens with zero attached hydrogens (tertiary/aromatic N) is 4. The number of piperidine rings is 1. The number of amides is 1. The number of carbonyl (C=O) groups excluding carboxylic acids is 1. The molecule has 0 aliphatic carbocycles. The van der Waals surface area contributed by atoms with Crippen molar-refractivity contribution in [1.29, 1.82) is 10.7 Å². The van der Waals surface area contributed by atoms with E-state index in [0.29, 0.717) is 41.3 Å². The molecule has 1 amide bonds. The van der Waals surface area contributed by atoms with Gasteiger partial charge in [0.2, 0.25) is 5.91 Å². The summed E-state index contributed by atoms with van der Waals surface area (Å²) in [5.74, 6) is 0.133. The standard InChI is InChI=1S/C26H23FN6O2/c1-2-24(34)33-11-3-4-19(16-33)32-26-21(14-31-15-22(26)27)25(29)17-5-7-20(8-6-17)35-23-9-10-30-13-18(23)12-28/h2,5-10,13-15,19,29H,1,3-4,11,16H2,(H,31,32). The quantitative estimate of drug-likeness (QED) is 0.393. The van der Waals surface area contributed by atoms with Gasteiger partial charge in [-0.1, -0.05) is 6.58 Å². The summed E-state index contributed by atoms with van der Waals surface area (Å²) in [4.78, 5) is 21.5. The Hall–Kier alpha value is -4.58. The van der Waals surface area contributed by atoms with E-state index in [9.17, 15) is 14.4 Å². The van der Waals surface area contributed by atoms with Crippen molar-refractivity contribution < 1.29 is 13.9 Å². The van der Waals surface area contributed by atoms with Crippen molar-refractivity contribution in [1.82, 2.24) is 14.9 Å². The SMILES string of the molecule is C=CC(=O)N1CCCC(Nc2c(F)cncc2C(=N)c2ccc(Oc3ccncc3C#N)cc2)C1. The first kappa shape index (κ1) is 23.6. The van der Waals surface area contributed by atoms with Crippen LogP contribution in [-0.4, -0.2) is 45.6 Å². The number of benzene rings is 1. The number of nitriles is 1. The first-order valence-corrected chi connectivity index (χ1v) is 11.0. The molecular weight excluding hydrogens is 447 g/mol. The minimum absolute atomic E-state index is 0.0857. The van der Waals surface area contributed by atoms with Gasteiger partial charge in [-0.15, -0.1) is 0 Å². The van der Waals surface area contributed by atoms with Crippen molar-refractivity contribution in [3.63, 3.8) is 0 Å². The molecular formula is C26H23FN6O2. The fourth-order valence-electron chi connectivity index (χ4n) is 3.93. The Morgan fingerprint density at radius 3 is 2.80 bits per heavy atom. The Balaban J connectivity index is 1.53. The van der Waals surface area contributed by atoms with Gasteiger partial charge in [0.25, 0.3) is 0 Å². The summed E-state index contributed by atoms with van der Waals surface area (Å²) >= 11 is 0. The highest BCUT2D eigenvalue weighted by Crippen LogP contribution is 2.27. The van der Waals surface area contributed by atoms with Gasteiger partial charge in [0.1, 0.15) is 23.1 Å². The van der Waals surface area contributed by atoms with Gasteiger partial charge in [-0.3, -0.25) is 20.2 Å². The maximum atomic E-state index is 14.8. The first-order chi connectivity index (χ1) is 17.0. The van der Waals surface area contributed by atoms with Gasteiger partial charge in [0, 0.05) is 54.9 Å². The molecule has 0 spiro atoms. The van der Waals surface area contributed by atoms with Crippen LogP contribution in [0.1, 0.15) is 29.5 Å². The Morgan fingerprint density at radius 1 is 1.26 bits per heavy atom. The average molecular weight is 471 g/mol. The zero-order chi connectivity index (χ0) is 24.8. The molecule has 176 valence electrons. The average Bonchev–Trinajstić information content (AvgIpc) is 2.90. The van der Waals surface area contributed by atoms with Crippen molar-refractivity contribution in [2.24, 2.45) is 0 Å². The van der Waals surface area contributed by atoms with Crippen LogP contribution in [0.25, 0.3) is 0 Å². The van der Waals surface area contributed by atoms with Crippen LogP contribution >= 0.6 is 0 Å². The number of halogens is 1. The van der Waals surface area contributed by atoms with Gasteiger partial charge >= 0.3 is 0 Å². The number of nitrogens with one attached hydrogen (secondary N) is 2. The Bertz CT molecular complexity index is 1300. The number of carbonyl (C=O) groups is 1. The van der Waals surface area contributed by atoms with Gasteiger partial charge in [-0.05, 0) is 43.2 Å². The molecule has 8 nitrogen and oxygen atoms in total. The molecule has 0 bridgehead atoms. The lowest BCUT2D eigenvalue weighted by Crippen LogP contribution is -2.44. The van der Waals surface area contributed by atoms with E-state index in [4.69, 9.17) is 10.1 Å². The van der Waals surface area contributed by atoms with Gasteiger partial charge in [-0.2, -0.15) is 5.26 Å². The van der Waals surface area contributed by atoms with E-state index in [1.807, 2.05) is 6.07 Å². The number of aromatic nitrogens is 2. The lowest BCUT2D eigenvalue weighted by atomic mass is 10.0. The van der Waals surface area contributed by atoms with Gasteiger partial charge in [-0.25, -0.2) is 4.39 Å². The topological polar surface area (TPSA) is 115 Å². The largest absolute Gasteiger partial charge is 0.456 e. The first-order valence-electron chi connectivity index (χ1n) is 11.0. The van der Waals surface area contributed by atoms with Crippen molar-refractivity contribution in [2.45, 2.75) is 18.9 Å². The summed E-state index contributed by atoms with van der Waals surface area (Å²) in [7, 11) is 0. The fourth-order valence-corrected chi connectivity index (χ4v) is 3.93. The molecule has 1 aliphatic heterocycles. The highest BCUT2D eigenvalue weighted by Gasteiger charge is 2.25. The molecule has 1 unspecified atom stereocenters. The predicted octanol–water partition coefficient (Wildman–Crippen LogP) is 4.28. The molecule has 1 atom stereocenters. The van der Waals surface area contributed by atoms with Gasteiger partial charge in [0.15, 0.2) is 5.82 Å². The Kier molecular flexibility index (Phi) is 7.12. The molecule has 9 heteroatoms. The number of anilines is 1. The lowest BCUT2D eigenvalue weighted by Gasteiger charge is -2.33. The summed E-state index contributed by atoms with van der Waals surface area (Å²) < 4.78 is 20.6. The molecule has 2 N–H and O–H groups in total. The molecule has 35 heavy (non-hydrogen) atoms. The highest BCUT2D eigenvalue weighted by molar-refractivity contribution is 6.14. The fraction of sp³-hybridized carbons (Fsp3) is 0.192. The normalized spacial score (nSPS) is 15.1. The van der Waals surface area contributed by atoms with E-state index in [2.05, 4.69) is 21.9 Å². The monoisotopic (exact) mass is 470 g/mol. The Morgan fingerprint density at radius 2 is 2.06 bits per heavy atom. The van der Waals surface area contributed by atoms with Crippen LogP contribution in [0.15, 0.2) is 67.8 Å². The number of rotatable bonds is 7. The van der Waals surface area contributed by atoms with Crippen molar-refractivity contribution in [3.05, 3.63) is 90.3 Å². The van der Waals surface area contributed by atoms with Crippen LogP contribution in [0.3, 0.4) is 0 Å². The molecule has 2 aromatic heterocycles. The minimum atomic E-state index is -0.568. The molecule has 0 saturated carbocycles. The molecule has 3 aromatic rings. The number of ether oxygens (including phenoxy) is 1. The Labute approximate surface area is 202 Å². The number of hydrogen-bond acceptors (Lipinski definition) is 7. The molecule has 0 radical (unpaired) electrons. The summed E-state index contributed by atoms with van der Waals surface area (Å²) in [5.41, 5.74) is 1.42. The zero-order valence-corrected chi connectivity index (χ0v) is 18.9. The third-order valence-corrected chi connectivity index (χ3v) is 5.70. The van der Waals surface area contributed by atoms with Crippen LogP contribution < -0.4 is 10.1 Å². The smallest absolute Gasteiger partial charge is 0.246 e. The summed E-state index contributed by atoms with van der Waals surface area (Å²) in [6.07, 6.45) is 8.33. The predicted molar refractivity (Wildman–Crippen MR) is 129 cm³/mol. The highest BCUT2D eigenvalue weighted by atomic mass is 19.1. The lowest BCUT2D eigenvalue weighted by molar-refractivity contribution is -0.127. The van der Waals surface area contributed by atoms with E-state index in [-0.39, 0.29) is 23.3 Å². The van der Waals surface area contributed by atoms with Gasteiger partial charge in [0.05, 0.1) is 17.6 Å². The van der Waals surface area contributed by atoms with Crippen LogP contribution in [0, 0.1) is 22.6 Å². The van der Waals surface area contributed by atoms with E-state index in [1.165, 1.54) is 24.7 Å². The molecule has 4 rings (SSSR count). The van der Waals surface area contributed by atoms with Crippen LogP contribution in [0.5, 0.6) is 11.5 Å². The van der Waals surface area contributed by atoms with Crippen LogP contribution in [-0.2, 0) is 4.79 Å². The van der Waals surface area contributed by atoms with Crippen LogP contribution in [0.2, 0.25) is 0 Å². The molecule has 1 saturated heterocycles. The number of likely N-dealkylation sites (tertiary alicyclic amines) is 1. The second kappa shape index (κ2) is 10.6. The molecule has 1 aromatic carbocycles. The maximum Gasteiger partial charge on any atom is 0.246 e. The molecule has 1 aliphatic rings. The second-order valence-corrected chi connectivity index (χ2v) is 8.00. The van der Waals surface area contributed by atoms with Crippen LogP contribution in [0.4, 0.5) is 10.1 Å². The van der Waals surface area contributed by atoms with Crippen molar-refractivity contribution >= 4 is 17.3 Å². The van der Waals surface area contributed by atoms with Crippen molar-refractivity contribution in [2.75, 3.05) is 18.4 Å². The van der Waals surface area contributed by atoms with E-state index in [0.717, 1.165) is 19.0 Å². The van der Waals surface area contributed by atoms with E-state index in [1.54, 1.807) is 35.2 Å². The second-order valence-electron chi connectivity index (χ2n) is 8.00. The summed E-state index contributed by atoms with van der Waals surface area (Å²) in [6, 6.07) is 10.2. The summed E-state index contributed by atoms with van der Waals surface area (Å²) in [5, 5.41) is 21.1. The third kappa shape index (κ3) is 5.33. The van der Waals surface area contributed by atoms with E-state index < -0.39 is 5.82 Å². The van der Waals surface area contributed by atoms with E-state index >= 15 is 0 Å². The van der Waals surface area contributed by atoms with Gasteiger partial charge < -0.3 is 15.0 Å². The van der Waals surface area contributed by atoms with Crippen molar-refractivity contribution in [3.8, 4) is 17.6 Å². The number of pyridine rings is 2. The minimum Gasteiger partial charge on any atom is -0.456 e. The number of hydrogen-bond donors (Lipinski definition) is 2. The molecule has 1 fully saturated rings. The zero-order valence-electron chi connectivity index (χ0n) is 18.9.